The van der Waals surface area contributed by atoms with Gasteiger partial charge in [-0.3, -0.25) is 4.99 Å². The van der Waals surface area contributed by atoms with Crippen molar-refractivity contribution in [3.63, 3.8) is 0 Å². The average Bonchev–Trinajstić information content (AvgIpc) is 2.75. The molecule has 0 spiro atoms. The smallest absolute Gasteiger partial charge is 0.194 e. The topological polar surface area (TPSA) is 57.1 Å². The van der Waals surface area contributed by atoms with Crippen LogP contribution in [0.2, 0.25) is 0 Å². The van der Waals surface area contributed by atoms with Crippen LogP contribution in [-0.2, 0) is 6.42 Å². The third-order valence-corrected chi connectivity index (χ3v) is 4.89. The van der Waals surface area contributed by atoms with Crippen LogP contribution >= 0.6 is 24.0 Å². The van der Waals surface area contributed by atoms with E-state index in [1.165, 1.54) is 11.1 Å². The Morgan fingerprint density at radius 2 is 2.00 bits per heavy atom. The number of aliphatic imine (C=N–C) groups is 1. The number of hydrogen-bond acceptors (Lipinski definition) is 3. The molecule has 6 heteroatoms. The molecule has 0 amide bonds. The maximum absolute atomic E-state index is 9.72. The van der Waals surface area contributed by atoms with Gasteiger partial charge in [-0.2, -0.15) is 0 Å². The molecule has 2 N–H and O–H groups in total. The van der Waals surface area contributed by atoms with E-state index < -0.39 is 0 Å². The number of phenols is 1. The molecule has 0 radical (unpaired) electrons. The lowest BCUT2D eigenvalue weighted by atomic mass is 10.00. The van der Waals surface area contributed by atoms with Crippen molar-refractivity contribution in [3.8, 4) is 11.5 Å². The summed E-state index contributed by atoms with van der Waals surface area (Å²) in [4.78, 5) is 7.11. The summed E-state index contributed by atoms with van der Waals surface area (Å²) in [6, 6.07) is 16.0. The Morgan fingerprint density at radius 3 is 2.66 bits per heavy atom. The Balaban J connectivity index is 0.00000300. The highest BCUT2D eigenvalue weighted by Gasteiger charge is 2.16. The number of phenolic OH excluding ortho intramolecular Hbond substituents is 1. The summed E-state index contributed by atoms with van der Waals surface area (Å²) in [5, 5.41) is 13.1. The van der Waals surface area contributed by atoms with Gasteiger partial charge in [0.05, 0.1) is 7.11 Å². The molecule has 0 aromatic heterocycles. The Morgan fingerprint density at radius 1 is 1.21 bits per heavy atom. The van der Waals surface area contributed by atoms with Gasteiger partial charge in [-0.15, -0.1) is 24.0 Å². The maximum Gasteiger partial charge on any atom is 0.194 e. The zero-order valence-electron chi connectivity index (χ0n) is 17.1. The molecule has 29 heavy (non-hydrogen) atoms. The number of aromatic hydroxyl groups is 1. The quantitative estimate of drug-likeness (QED) is 0.348. The van der Waals surface area contributed by atoms with Gasteiger partial charge >= 0.3 is 0 Å². The second-order valence-corrected chi connectivity index (χ2v) is 6.78. The van der Waals surface area contributed by atoms with Crippen LogP contribution in [0, 0.1) is 0 Å². The summed E-state index contributed by atoms with van der Waals surface area (Å²) in [5.41, 5.74) is 3.81. The number of benzene rings is 2. The first-order chi connectivity index (χ1) is 13.7. The van der Waals surface area contributed by atoms with E-state index in [4.69, 9.17) is 9.73 Å². The lowest BCUT2D eigenvalue weighted by Gasteiger charge is -2.30. The van der Waals surface area contributed by atoms with E-state index in [1.807, 2.05) is 12.1 Å². The lowest BCUT2D eigenvalue weighted by molar-refractivity contribution is 0.373. The van der Waals surface area contributed by atoms with Crippen molar-refractivity contribution in [1.82, 2.24) is 10.2 Å². The lowest BCUT2D eigenvalue weighted by Crippen LogP contribution is -2.43. The van der Waals surface area contributed by atoms with Crippen LogP contribution in [0.4, 0.5) is 0 Å². The molecule has 1 aliphatic heterocycles. The maximum atomic E-state index is 9.72. The molecular weight excluding hydrogens is 477 g/mol. The minimum Gasteiger partial charge on any atom is -0.504 e. The molecular formula is C23H30IN3O2. The van der Waals surface area contributed by atoms with E-state index >= 15 is 0 Å². The first-order valence-electron chi connectivity index (χ1n) is 9.85. The van der Waals surface area contributed by atoms with Crippen LogP contribution in [0.25, 0.3) is 5.57 Å². The molecule has 0 saturated heterocycles. The van der Waals surface area contributed by atoms with Crippen LogP contribution < -0.4 is 10.1 Å². The van der Waals surface area contributed by atoms with Gasteiger partial charge < -0.3 is 20.1 Å². The number of rotatable bonds is 6. The molecule has 0 atom stereocenters. The zero-order chi connectivity index (χ0) is 19.8. The Hall–Kier alpha value is -2.22. The standard InChI is InChI=1S/C23H29N3O2.HI/c1-3-24-23(25-14-11-18-9-10-21(27)22(17-18)28-2)26-15-12-20(13-16-26)19-7-5-4-6-8-19;/h4-10,12,17,27H,3,11,13-16H2,1-2H3,(H,24,25);1H. The van der Waals surface area contributed by atoms with Crippen molar-refractivity contribution >= 4 is 35.5 Å². The van der Waals surface area contributed by atoms with E-state index in [-0.39, 0.29) is 29.7 Å². The van der Waals surface area contributed by atoms with Crippen molar-refractivity contribution in [2.45, 2.75) is 19.8 Å². The molecule has 3 rings (SSSR count). The van der Waals surface area contributed by atoms with Gasteiger partial charge in [-0.05, 0) is 48.6 Å². The monoisotopic (exact) mass is 507 g/mol. The third-order valence-electron chi connectivity index (χ3n) is 4.89. The molecule has 1 heterocycles. The zero-order valence-corrected chi connectivity index (χ0v) is 19.4. The van der Waals surface area contributed by atoms with Crippen molar-refractivity contribution < 1.29 is 9.84 Å². The van der Waals surface area contributed by atoms with E-state index in [2.05, 4.69) is 53.5 Å². The van der Waals surface area contributed by atoms with Crippen molar-refractivity contribution in [1.29, 1.82) is 0 Å². The number of ether oxygens (including phenoxy) is 1. The molecule has 5 nitrogen and oxygen atoms in total. The van der Waals surface area contributed by atoms with Crippen molar-refractivity contribution in [2.75, 3.05) is 33.3 Å². The van der Waals surface area contributed by atoms with E-state index in [0.717, 1.165) is 44.0 Å². The molecule has 0 saturated carbocycles. The second kappa shape index (κ2) is 11.7. The minimum atomic E-state index is 0. The van der Waals surface area contributed by atoms with Gasteiger partial charge in [0, 0.05) is 26.2 Å². The molecule has 0 aliphatic carbocycles. The highest BCUT2D eigenvalue weighted by molar-refractivity contribution is 14.0. The summed E-state index contributed by atoms with van der Waals surface area (Å²) in [7, 11) is 1.56. The minimum absolute atomic E-state index is 0. The summed E-state index contributed by atoms with van der Waals surface area (Å²) < 4.78 is 5.18. The number of nitrogens with zero attached hydrogens (tertiary/aromatic N) is 2. The van der Waals surface area contributed by atoms with Crippen LogP contribution in [-0.4, -0.2) is 49.3 Å². The molecule has 0 fully saturated rings. The summed E-state index contributed by atoms with van der Waals surface area (Å²) in [6.07, 6.45) is 4.12. The van der Waals surface area contributed by atoms with E-state index in [0.29, 0.717) is 12.3 Å². The van der Waals surface area contributed by atoms with Crippen molar-refractivity contribution in [3.05, 3.63) is 65.7 Å². The highest BCUT2D eigenvalue weighted by atomic mass is 127. The fourth-order valence-electron chi connectivity index (χ4n) is 3.37. The highest BCUT2D eigenvalue weighted by Crippen LogP contribution is 2.26. The first kappa shape index (κ1) is 23.1. The average molecular weight is 507 g/mol. The van der Waals surface area contributed by atoms with Crippen LogP contribution in [0.1, 0.15) is 24.5 Å². The van der Waals surface area contributed by atoms with Gasteiger partial charge in [-0.25, -0.2) is 0 Å². The Kier molecular flexibility index (Phi) is 9.31. The third kappa shape index (κ3) is 6.39. The van der Waals surface area contributed by atoms with Crippen LogP contribution in [0.5, 0.6) is 11.5 Å². The number of nitrogens with one attached hydrogen (secondary N) is 1. The normalized spacial score (nSPS) is 14.1. The molecule has 0 unspecified atom stereocenters. The van der Waals surface area contributed by atoms with Gasteiger partial charge in [0.15, 0.2) is 17.5 Å². The first-order valence-corrected chi connectivity index (χ1v) is 9.85. The number of methoxy groups -OCH3 is 1. The largest absolute Gasteiger partial charge is 0.504 e. The van der Waals surface area contributed by atoms with E-state index in [1.54, 1.807) is 13.2 Å². The van der Waals surface area contributed by atoms with Crippen molar-refractivity contribution in [2.24, 2.45) is 4.99 Å². The fourth-order valence-corrected chi connectivity index (χ4v) is 3.37. The molecule has 2 aromatic rings. The Bertz CT molecular complexity index is 837. The molecule has 1 aliphatic rings. The van der Waals surface area contributed by atoms with Crippen LogP contribution in [0.15, 0.2) is 59.6 Å². The van der Waals surface area contributed by atoms with Gasteiger partial charge in [0.25, 0.3) is 0 Å². The second-order valence-electron chi connectivity index (χ2n) is 6.78. The van der Waals surface area contributed by atoms with Gasteiger partial charge in [0.2, 0.25) is 0 Å². The fraction of sp³-hybridized carbons (Fsp3) is 0.348. The predicted molar refractivity (Wildman–Crippen MR) is 130 cm³/mol. The molecule has 2 aromatic carbocycles. The number of guanidine groups is 1. The summed E-state index contributed by atoms with van der Waals surface area (Å²) in [5.74, 6) is 1.62. The van der Waals surface area contributed by atoms with Gasteiger partial charge in [-0.1, -0.05) is 42.5 Å². The van der Waals surface area contributed by atoms with E-state index in [9.17, 15) is 5.11 Å². The summed E-state index contributed by atoms with van der Waals surface area (Å²) >= 11 is 0. The van der Waals surface area contributed by atoms with Gasteiger partial charge in [0.1, 0.15) is 0 Å². The predicted octanol–water partition coefficient (Wildman–Crippen LogP) is 4.32. The molecule has 156 valence electrons. The SMILES string of the molecule is CCNC(=NCCc1ccc(O)c(OC)c1)N1CC=C(c2ccccc2)CC1.I. The summed E-state index contributed by atoms with van der Waals surface area (Å²) in [6.45, 7) is 5.44. The van der Waals surface area contributed by atoms with Crippen LogP contribution in [0.3, 0.4) is 0 Å². The number of hydrogen-bond donors (Lipinski definition) is 2. The number of halogens is 1. The Labute approximate surface area is 190 Å². The molecule has 0 bridgehead atoms.